The lowest BCUT2D eigenvalue weighted by molar-refractivity contribution is -0.129. The largest absolute Gasteiger partial charge is 0.384 e. The number of rotatable bonds is 6. The predicted molar refractivity (Wildman–Crippen MR) is 118 cm³/mol. The molecule has 1 fully saturated rings. The molecule has 6 N–H and O–H groups in total. The zero-order valence-corrected chi connectivity index (χ0v) is 17.4. The van der Waals surface area contributed by atoms with Crippen molar-refractivity contribution in [2.45, 2.75) is 23.9 Å². The highest BCUT2D eigenvalue weighted by Crippen LogP contribution is 2.23. The minimum Gasteiger partial charge on any atom is -0.384 e. The number of nitrogens with one attached hydrogen (secondary N) is 2. The highest BCUT2D eigenvalue weighted by molar-refractivity contribution is 7.89. The van der Waals surface area contributed by atoms with Crippen molar-refractivity contribution in [3.63, 3.8) is 0 Å². The van der Waals surface area contributed by atoms with Crippen LogP contribution in [0.1, 0.15) is 17.5 Å². The van der Waals surface area contributed by atoms with Crippen LogP contribution in [0.4, 0.5) is 5.82 Å². The summed E-state index contributed by atoms with van der Waals surface area (Å²) in [5, 5.41) is 8.86. The highest BCUT2D eigenvalue weighted by Gasteiger charge is 2.35. The van der Waals surface area contributed by atoms with E-state index in [1.165, 1.54) is 18.3 Å². The number of aromatic nitrogens is 1. The second-order valence-corrected chi connectivity index (χ2v) is 9.13. The van der Waals surface area contributed by atoms with E-state index in [0.29, 0.717) is 41.7 Å². The Morgan fingerprint density at radius 1 is 1.23 bits per heavy atom. The number of hydrogen-bond acceptors (Lipinski definition) is 6. The molecule has 1 amide bonds. The number of sulfonamides is 1. The number of anilines is 1. The maximum Gasteiger partial charge on any atom is 0.241 e. The van der Waals surface area contributed by atoms with Gasteiger partial charge in [0.25, 0.3) is 0 Å². The number of pyridine rings is 1. The first-order valence-electron chi connectivity index (χ1n) is 9.63. The maximum absolute atomic E-state index is 12.9. The minimum absolute atomic E-state index is 0.0480. The van der Waals surface area contributed by atoms with Crippen molar-refractivity contribution < 1.29 is 13.2 Å². The zero-order valence-electron chi connectivity index (χ0n) is 16.6. The lowest BCUT2D eigenvalue weighted by Gasteiger charge is -2.18. The summed E-state index contributed by atoms with van der Waals surface area (Å²) < 4.78 is 28.3. The van der Waals surface area contributed by atoms with Crippen molar-refractivity contribution in [3.8, 4) is 0 Å². The topological polar surface area (TPSA) is 155 Å². The zero-order chi connectivity index (χ0) is 22.2. The molecule has 2 aromatic carbocycles. The standard InChI is InChI=1S/C21H22N6O3S/c22-19(23)15-3-1-2-13(10-15)12-27-9-7-18(21(27)28)26-31(29,30)16-4-5-17-14(11-16)6-8-25-20(17)24/h1-6,8,10-11,18,26H,7,9,12H2,(H3,22,23)(H2,24,25). The number of hydrogen-bond donors (Lipinski definition) is 4. The Hall–Kier alpha value is -3.50. The van der Waals surface area contributed by atoms with Crippen LogP contribution in [-0.4, -0.2) is 42.6 Å². The normalized spacial score (nSPS) is 16.7. The van der Waals surface area contributed by atoms with Crippen LogP contribution in [0.2, 0.25) is 0 Å². The molecule has 0 saturated carbocycles. The van der Waals surface area contributed by atoms with Crippen LogP contribution in [0, 0.1) is 5.41 Å². The second-order valence-electron chi connectivity index (χ2n) is 7.42. The van der Waals surface area contributed by atoms with E-state index in [0.717, 1.165) is 5.56 Å². The summed E-state index contributed by atoms with van der Waals surface area (Å²) in [4.78, 5) is 18.5. The summed E-state index contributed by atoms with van der Waals surface area (Å²) in [5.74, 6) is -0.0101. The molecule has 1 aliphatic heterocycles. The third-order valence-corrected chi connectivity index (χ3v) is 6.75. The van der Waals surface area contributed by atoms with Crippen LogP contribution in [0.5, 0.6) is 0 Å². The summed E-state index contributed by atoms with van der Waals surface area (Å²) >= 11 is 0. The number of benzene rings is 2. The van der Waals surface area contributed by atoms with Crippen LogP contribution in [0.25, 0.3) is 10.8 Å². The molecule has 1 aliphatic rings. The molecule has 0 bridgehead atoms. The van der Waals surface area contributed by atoms with Gasteiger partial charge in [0, 0.05) is 30.2 Å². The van der Waals surface area contributed by atoms with E-state index >= 15 is 0 Å². The fourth-order valence-corrected chi connectivity index (χ4v) is 4.92. The first-order valence-corrected chi connectivity index (χ1v) is 11.1. The molecule has 0 aliphatic carbocycles. The third kappa shape index (κ3) is 4.21. The van der Waals surface area contributed by atoms with Crippen LogP contribution in [0.15, 0.2) is 59.6 Å². The van der Waals surface area contributed by atoms with E-state index in [1.807, 2.05) is 6.07 Å². The quantitative estimate of drug-likeness (QED) is 0.334. The summed E-state index contributed by atoms with van der Waals surface area (Å²) in [7, 11) is -3.90. The molecule has 4 rings (SSSR count). The Balaban J connectivity index is 1.49. The van der Waals surface area contributed by atoms with Crippen molar-refractivity contribution in [3.05, 3.63) is 65.9 Å². The molecule has 1 saturated heterocycles. The molecule has 1 atom stereocenters. The second kappa shape index (κ2) is 7.97. The predicted octanol–water partition coefficient (Wildman–Crippen LogP) is 1.18. The lowest BCUT2D eigenvalue weighted by atomic mass is 10.1. The highest BCUT2D eigenvalue weighted by atomic mass is 32.2. The Morgan fingerprint density at radius 2 is 2.03 bits per heavy atom. The molecule has 0 spiro atoms. The Morgan fingerprint density at radius 3 is 2.81 bits per heavy atom. The number of nitrogens with two attached hydrogens (primary N) is 2. The van der Waals surface area contributed by atoms with Crippen LogP contribution in [0.3, 0.4) is 0 Å². The van der Waals surface area contributed by atoms with Crippen molar-refractivity contribution in [2.24, 2.45) is 5.73 Å². The molecule has 2 heterocycles. The molecular formula is C21H22N6O3S. The Labute approximate surface area is 179 Å². The SMILES string of the molecule is N=C(N)c1cccc(CN2CCC(NS(=O)(=O)c3ccc4c(N)nccc4c3)C2=O)c1. The number of carbonyl (C=O) groups is 1. The minimum atomic E-state index is -3.90. The first kappa shape index (κ1) is 20.8. The van der Waals surface area contributed by atoms with Gasteiger partial charge in [-0.05, 0) is 47.7 Å². The summed E-state index contributed by atoms with van der Waals surface area (Å²) in [5.41, 5.74) is 12.7. The number of nitrogens with zero attached hydrogens (tertiary/aromatic N) is 2. The van der Waals surface area contributed by atoms with E-state index in [4.69, 9.17) is 16.9 Å². The molecule has 31 heavy (non-hydrogen) atoms. The van der Waals surface area contributed by atoms with Crippen molar-refractivity contribution in [1.29, 1.82) is 5.41 Å². The van der Waals surface area contributed by atoms with Gasteiger partial charge in [-0.15, -0.1) is 0 Å². The van der Waals surface area contributed by atoms with Gasteiger partial charge in [0.05, 0.1) is 4.90 Å². The van der Waals surface area contributed by atoms with E-state index < -0.39 is 16.1 Å². The monoisotopic (exact) mass is 438 g/mol. The van der Waals surface area contributed by atoms with Gasteiger partial charge in [0.1, 0.15) is 17.7 Å². The number of amides is 1. The Kier molecular flexibility index (Phi) is 5.34. The van der Waals surface area contributed by atoms with Gasteiger partial charge in [0.15, 0.2) is 0 Å². The molecule has 0 radical (unpaired) electrons. The summed E-state index contributed by atoms with van der Waals surface area (Å²) in [6.07, 6.45) is 1.88. The van der Waals surface area contributed by atoms with Gasteiger partial charge in [-0.3, -0.25) is 10.2 Å². The fourth-order valence-electron chi connectivity index (χ4n) is 3.66. The average molecular weight is 439 g/mol. The average Bonchev–Trinajstić information content (AvgIpc) is 3.07. The van der Waals surface area contributed by atoms with E-state index in [9.17, 15) is 13.2 Å². The van der Waals surface area contributed by atoms with Gasteiger partial charge < -0.3 is 16.4 Å². The number of nitrogen functional groups attached to an aromatic ring is 2. The maximum atomic E-state index is 12.9. The van der Waals surface area contributed by atoms with Crippen LogP contribution >= 0.6 is 0 Å². The van der Waals surface area contributed by atoms with Crippen molar-refractivity contribution >= 4 is 38.4 Å². The molecule has 160 valence electrons. The number of likely N-dealkylation sites (tertiary alicyclic amines) is 1. The van der Waals surface area contributed by atoms with Gasteiger partial charge >= 0.3 is 0 Å². The lowest BCUT2D eigenvalue weighted by Crippen LogP contribution is -2.41. The first-order chi connectivity index (χ1) is 14.7. The number of amidine groups is 1. The summed E-state index contributed by atoms with van der Waals surface area (Å²) in [6.45, 7) is 0.747. The Bertz CT molecular complexity index is 1290. The van der Waals surface area contributed by atoms with Gasteiger partial charge in [-0.2, -0.15) is 4.72 Å². The van der Waals surface area contributed by atoms with Crippen LogP contribution < -0.4 is 16.2 Å². The van der Waals surface area contributed by atoms with Crippen molar-refractivity contribution in [1.82, 2.24) is 14.6 Å². The molecule has 10 heteroatoms. The van der Waals surface area contributed by atoms with E-state index in [2.05, 4.69) is 9.71 Å². The molecule has 1 unspecified atom stereocenters. The van der Waals surface area contributed by atoms with Gasteiger partial charge in [-0.25, -0.2) is 13.4 Å². The van der Waals surface area contributed by atoms with Crippen molar-refractivity contribution in [2.75, 3.05) is 12.3 Å². The number of fused-ring (bicyclic) bond motifs is 1. The molecule has 3 aromatic rings. The third-order valence-electron chi connectivity index (χ3n) is 5.28. The van der Waals surface area contributed by atoms with E-state index in [1.54, 1.807) is 35.2 Å². The smallest absolute Gasteiger partial charge is 0.241 e. The van der Waals surface area contributed by atoms with Crippen LogP contribution in [-0.2, 0) is 21.4 Å². The molecular weight excluding hydrogens is 416 g/mol. The summed E-state index contributed by atoms with van der Waals surface area (Å²) in [6, 6.07) is 12.5. The van der Waals surface area contributed by atoms with Gasteiger partial charge in [-0.1, -0.05) is 18.2 Å². The van der Waals surface area contributed by atoms with E-state index in [-0.39, 0.29) is 16.6 Å². The molecule has 1 aromatic heterocycles. The fraction of sp³-hybridized carbons (Fsp3) is 0.190. The number of carbonyl (C=O) groups excluding carboxylic acids is 1. The molecule has 9 nitrogen and oxygen atoms in total. The van der Waals surface area contributed by atoms with Gasteiger partial charge in [0.2, 0.25) is 15.9 Å².